The first-order valence-electron chi connectivity index (χ1n) is 5.46. The van der Waals surface area contributed by atoms with Crippen LogP contribution >= 0.6 is 11.3 Å². The number of anilines is 1. The molecule has 8 heteroatoms. The number of nitrogens with zero attached hydrogens (tertiary/aromatic N) is 4. The highest BCUT2D eigenvalue weighted by atomic mass is 32.1. The van der Waals surface area contributed by atoms with Crippen LogP contribution < -0.4 is 11.1 Å². The van der Waals surface area contributed by atoms with Crippen molar-refractivity contribution in [2.75, 3.05) is 12.3 Å². The second kappa shape index (κ2) is 5.58. The van der Waals surface area contributed by atoms with Gasteiger partial charge >= 0.3 is 0 Å². The number of aromatic nitrogens is 4. The van der Waals surface area contributed by atoms with E-state index in [9.17, 15) is 4.79 Å². The van der Waals surface area contributed by atoms with Crippen molar-refractivity contribution in [1.29, 1.82) is 0 Å². The van der Waals surface area contributed by atoms with E-state index < -0.39 is 0 Å². The molecule has 0 aliphatic carbocycles. The first kappa shape index (κ1) is 12.5. The topological polar surface area (TPSA) is 98.7 Å². The lowest BCUT2D eigenvalue weighted by atomic mass is 10.3. The average molecular weight is 266 g/mol. The van der Waals surface area contributed by atoms with Gasteiger partial charge in [-0.3, -0.25) is 4.79 Å². The minimum Gasteiger partial charge on any atom is -0.367 e. The lowest BCUT2D eigenvalue weighted by Crippen LogP contribution is -2.29. The average Bonchev–Trinajstić information content (AvgIpc) is 2.88. The summed E-state index contributed by atoms with van der Waals surface area (Å²) in [5.41, 5.74) is 6.35. The molecule has 2 aromatic rings. The molecule has 2 heterocycles. The lowest BCUT2D eigenvalue weighted by Gasteiger charge is -2.03. The van der Waals surface area contributed by atoms with Crippen molar-refractivity contribution in [3.05, 3.63) is 22.4 Å². The zero-order valence-corrected chi connectivity index (χ0v) is 10.8. The Morgan fingerprint density at radius 2 is 2.44 bits per heavy atom. The van der Waals surface area contributed by atoms with Gasteiger partial charge in [-0.05, 0) is 6.92 Å². The smallest absolute Gasteiger partial charge is 0.241 e. The number of amides is 1. The van der Waals surface area contributed by atoms with Crippen molar-refractivity contribution < 1.29 is 4.79 Å². The van der Waals surface area contributed by atoms with Gasteiger partial charge in [0.1, 0.15) is 12.9 Å². The van der Waals surface area contributed by atoms with Crippen molar-refractivity contribution in [3.63, 3.8) is 0 Å². The Morgan fingerprint density at radius 1 is 1.61 bits per heavy atom. The van der Waals surface area contributed by atoms with Gasteiger partial charge in [-0.15, -0.1) is 16.4 Å². The summed E-state index contributed by atoms with van der Waals surface area (Å²) in [4.78, 5) is 19.6. The Morgan fingerprint density at radius 3 is 3.06 bits per heavy atom. The van der Waals surface area contributed by atoms with Gasteiger partial charge in [0.2, 0.25) is 11.9 Å². The van der Waals surface area contributed by atoms with Crippen LogP contribution in [-0.2, 0) is 17.8 Å². The van der Waals surface area contributed by atoms with Crippen LogP contribution in [0, 0.1) is 6.92 Å². The minimum absolute atomic E-state index is 0.119. The fourth-order valence-electron chi connectivity index (χ4n) is 1.44. The van der Waals surface area contributed by atoms with Gasteiger partial charge in [0, 0.05) is 18.3 Å². The predicted molar refractivity (Wildman–Crippen MR) is 68.0 cm³/mol. The van der Waals surface area contributed by atoms with Gasteiger partial charge in [0.25, 0.3) is 0 Å². The molecule has 96 valence electrons. The van der Waals surface area contributed by atoms with Crippen LogP contribution in [0.5, 0.6) is 0 Å². The first-order chi connectivity index (χ1) is 8.63. The molecular weight excluding hydrogens is 252 g/mol. The molecule has 3 N–H and O–H groups in total. The number of nitrogens with two attached hydrogens (primary N) is 1. The zero-order valence-electron chi connectivity index (χ0n) is 9.96. The fraction of sp³-hybridized carbons (Fsp3) is 0.400. The lowest BCUT2D eigenvalue weighted by molar-refractivity contribution is -0.121. The quantitative estimate of drug-likeness (QED) is 0.792. The van der Waals surface area contributed by atoms with E-state index in [1.807, 2.05) is 12.3 Å². The van der Waals surface area contributed by atoms with E-state index in [0.717, 1.165) is 17.1 Å². The maximum Gasteiger partial charge on any atom is 0.241 e. The third kappa shape index (κ3) is 3.52. The zero-order chi connectivity index (χ0) is 13.0. The molecule has 0 fully saturated rings. The summed E-state index contributed by atoms with van der Waals surface area (Å²) in [5.74, 6) is 0.0487. The highest BCUT2D eigenvalue weighted by Gasteiger charge is 2.05. The van der Waals surface area contributed by atoms with Gasteiger partial charge in [0.05, 0.1) is 10.7 Å². The summed E-state index contributed by atoms with van der Waals surface area (Å²) < 4.78 is 1.40. The van der Waals surface area contributed by atoms with Gasteiger partial charge in [-0.1, -0.05) is 0 Å². The number of rotatable bonds is 5. The minimum atomic E-state index is -0.119. The number of carbonyl (C=O) groups excluding carboxylic acids is 1. The van der Waals surface area contributed by atoms with Gasteiger partial charge in [-0.2, -0.15) is 0 Å². The van der Waals surface area contributed by atoms with E-state index in [2.05, 4.69) is 20.4 Å². The van der Waals surface area contributed by atoms with Crippen molar-refractivity contribution in [3.8, 4) is 0 Å². The molecule has 1 amide bonds. The standard InChI is InChI=1S/C10H14N6OS/c1-7-14-8(5-18-7)2-3-12-9(17)4-16-6-13-10(11)15-16/h5-6H,2-4H2,1H3,(H2,11,15)(H,12,17). The van der Waals surface area contributed by atoms with E-state index in [4.69, 9.17) is 5.73 Å². The van der Waals surface area contributed by atoms with Crippen molar-refractivity contribution in [1.82, 2.24) is 25.1 Å². The molecule has 0 radical (unpaired) electrons. The van der Waals surface area contributed by atoms with E-state index in [1.54, 1.807) is 11.3 Å². The van der Waals surface area contributed by atoms with Crippen LogP contribution in [-0.4, -0.2) is 32.2 Å². The third-order valence-electron chi connectivity index (χ3n) is 2.23. The SMILES string of the molecule is Cc1nc(CCNC(=O)Cn2cnc(N)n2)cs1. The molecule has 0 spiro atoms. The number of nitrogen functional groups attached to an aromatic ring is 1. The molecule has 2 rings (SSSR count). The summed E-state index contributed by atoms with van der Waals surface area (Å²) >= 11 is 1.61. The Kier molecular flexibility index (Phi) is 3.88. The number of hydrogen-bond donors (Lipinski definition) is 2. The fourth-order valence-corrected chi connectivity index (χ4v) is 2.09. The monoisotopic (exact) mass is 266 g/mol. The first-order valence-corrected chi connectivity index (χ1v) is 6.34. The highest BCUT2D eigenvalue weighted by Crippen LogP contribution is 2.07. The maximum absolute atomic E-state index is 11.6. The summed E-state index contributed by atoms with van der Waals surface area (Å²) in [5, 5.41) is 9.66. The molecular formula is C10H14N6OS. The number of nitrogens with one attached hydrogen (secondary N) is 1. The molecule has 7 nitrogen and oxygen atoms in total. The molecule has 0 aromatic carbocycles. The molecule has 0 saturated heterocycles. The van der Waals surface area contributed by atoms with E-state index in [1.165, 1.54) is 11.0 Å². The Hall–Kier alpha value is -1.96. The molecule has 2 aromatic heterocycles. The number of thiazole rings is 1. The van der Waals surface area contributed by atoms with E-state index in [0.29, 0.717) is 6.54 Å². The molecule has 0 saturated carbocycles. The Labute approximate surface area is 108 Å². The Balaban J connectivity index is 1.72. The van der Waals surface area contributed by atoms with Crippen LogP contribution in [0.3, 0.4) is 0 Å². The second-order valence-electron chi connectivity index (χ2n) is 3.76. The predicted octanol–water partition coefficient (Wildman–Crippen LogP) is -0.0159. The van der Waals surface area contributed by atoms with Crippen LogP contribution in [0.1, 0.15) is 10.7 Å². The normalized spacial score (nSPS) is 10.5. The van der Waals surface area contributed by atoms with Crippen LogP contribution in [0.15, 0.2) is 11.7 Å². The van der Waals surface area contributed by atoms with Crippen LogP contribution in [0.2, 0.25) is 0 Å². The molecule has 0 aliphatic heterocycles. The molecule has 0 aliphatic rings. The van der Waals surface area contributed by atoms with Gasteiger partial charge in [-0.25, -0.2) is 14.6 Å². The van der Waals surface area contributed by atoms with E-state index >= 15 is 0 Å². The third-order valence-corrected chi connectivity index (χ3v) is 3.05. The summed E-state index contributed by atoms with van der Waals surface area (Å²) in [6, 6.07) is 0. The van der Waals surface area contributed by atoms with E-state index in [-0.39, 0.29) is 18.4 Å². The highest BCUT2D eigenvalue weighted by molar-refractivity contribution is 7.09. The maximum atomic E-state index is 11.6. The number of hydrogen-bond acceptors (Lipinski definition) is 6. The molecule has 0 bridgehead atoms. The van der Waals surface area contributed by atoms with Gasteiger partial charge in [0.15, 0.2) is 0 Å². The number of carbonyl (C=O) groups is 1. The summed E-state index contributed by atoms with van der Waals surface area (Å²) in [6.45, 7) is 2.65. The Bertz CT molecular complexity index is 534. The molecule has 18 heavy (non-hydrogen) atoms. The molecule has 0 unspecified atom stereocenters. The van der Waals surface area contributed by atoms with Crippen molar-refractivity contribution >= 4 is 23.2 Å². The summed E-state index contributed by atoms with van der Waals surface area (Å²) in [6.07, 6.45) is 2.16. The van der Waals surface area contributed by atoms with Crippen molar-refractivity contribution in [2.45, 2.75) is 19.9 Å². The summed E-state index contributed by atoms with van der Waals surface area (Å²) in [7, 11) is 0. The van der Waals surface area contributed by atoms with Crippen LogP contribution in [0.4, 0.5) is 5.95 Å². The largest absolute Gasteiger partial charge is 0.367 e. The van der Waals surface area contributed by atoms with Gasteiger partial charge < -0.3 is 11.1 Å². The van der Waals surface area contributed by atoms with Crippen LogP contribution in [0.25, 0.3) is 0 Å². The number of aryl methyl sites for hydroxylation is 1. The molecule has 0 atom stereocenters. The second-order valence-corrected chi connectivity index (χ2v) is 4.82. The van der Waals surface area contributed by atoms with Crippen molar-refractivity contribution in [2.24, 2.45) is 0 Å².